The Kier molecular flexibility index (Phi) is 3.80. The van der Waals surface area contributed by atoms with Gasteiger partial charge in [0.05, 0.1) is 0 Å². The maximum absolute atomic E-state index is 13.7. The molecular weight excluding hydrogens is 254 g/mol. The highest BCUT2D eigenvalue weighted by molar-refractivity contribution is 7.80. The Labute approximate surface area is 111 Å². The molecule has 1 fully saturated rings. The molecule has 98 valence electrons. The van der Waals surface area contributed by atoms with Crippen molar-refractivity contribution in [3.05, 3.63) is 29.3 Å². The maximum Gasteiger partial charge on any atom is 0.150 e. The molecule has 1 aliphatic carbocycles. The van der Waals surface area contributed by atoms with Crippen LogP contribution in [-0.2, 0) is 0 Å². The molecule has 0 aromatic heterocycles. The van der Waals surface area contributed by atoms with Gasteiger partial charge < -0.3 is 11.1 Å². The third kappa shape index (κ3) is 2.96. The summed E-state index contributed by atoms with van der Waals surface area (Å²) in [6, 6.07) is 2.32. The standard InChI is InChI=1S/C13H16F2N2S/c1-7(8-2-3-8)6-17-12-10(14)4-9(13(16)18)5-11(12)15/h4-5,7-8,17H,2-3,6H2,1H3,(H2,16,18). The van der Waals surface area contributed by atoms with Gasteiger partial charge in [0.1, 0.15) is 22.3 Å². The summed E-state index contributed by atoms with van der Waals surface area (Å²) in [5.41, 5.74) is 5.46. The smallest absolute Gasteiger partial charge is 0.150 e. The van der Waals surface area contributed by atoms with Gasteiger partial charge in [0.15, 0.2) is 0 Å². The van der Waals surface area contributed by atoms with Crippen molar-refractivity contribution in [1.29, 1.82) is 0 Å². The molecular formula is C13H16F2N2S. The van der Waals surface area contributed by atoms with Crippen LogP contribution in [0.5, 0.6) is 0 Å². The first-order valence-corrected chi connectivity index (χ1v) is 6.42. The van der Waals surface area contributed by atoms with Gasteiger partial charge in [-0.15, -0.1) is 0 Å². The molecule has 2 nitrogen and oxygen atoms in total. The normalized spacial score (nSPS) is 16.4. The SMILES string of the molecule is CC(CNc1c(F)cc(C(N)=S)cc1F)C1CC1. The lowest BCUT2D eigenvalue weighted by Gasteiger charge is -2.14. The van der Waals surface area contributed by atoms with Gasteiger partial charge in [0.2, 0.25) is 0 Å². The fourth-order valence-electron chi connectivity index (χ4n) is 1.98. The van der Waals surface area contributed by atoms with E-state index in [4.69, 9.17) is 18.0 Å². The molecule has 1 atom stereocenters. The average molecular weight is 270 g/mol. The number of hydrogen-bond acceptors (Lipinski definition) is 2. The van der Waals surface area contributed by atoms with E-state index in [1.807, 2.05) is 0 Å². The van der Waals surface area contributed by atoms with Gasteiger partial charge in [-0.05, 0) is 36.8 Å². The van der Waals surface area contributed by atoms with Crippen LogP contribution in [0.1, 0.15) is 25.3 Å². The minimum absolute atomic E-state index is 0.00861. The van der Waals surface area contributed by atoms with Gasteiger partial charge in [-0.3, -0.25) is 0 Å². The third-order valence-corrected chi connectivity index (χ3v) is 3.59. The van der Waals surface area contributed by atoms with E-state index >= 15 is 0 Å². The molecule has 5 heteroatoms. The second-order valence-corrected chi connectivity index (χ2v) is 5.31. The number of anilines is 1. The monoisotopic (exact) mass is 270 g/mol. The number of hydrogen-bond donors (Lipinski definition) is 2. The fraction of sp³-hybridized carbons (Fsp3) is 0.462. The number of nitrogens with two attached hydrogens (primary N) is 1. The first-order chi connectivity index (χ1) is 8.49. The summed E-state index contributed by atoms with van der Waals surface area (Å²) in [6.07, 6.45) is 2.43. The summed E-state index contributed by atoms with van der Waals surface area (Å²) >= 11 is 4.70. The molecule has 0 bridgehead atoms. The molecule has 0 aliphatic heterocycles. The quantitative estimate of drug-likeness (QED) is 0.808. The minimum atomic E-state index is -0.652. The zero-order valence-corrected chi connectivity index (χ0v) is 11.0. The van der Waals surface area contributed by atoms with Crippen molar-refractivity contribution in [3.8, 4) is 0 Å². The van der Waals surface area contributed by atoms with Crippen LogP contribution in [0, 0.1) is 23.5 Å². The van der Waals surface area contributed by atoms with E-state index in [-0.39, 0.29) is 16.2 Å². The molecule has 18 heavy (non-hydrogen) atoms. The van der Waals surface area contributed by atoms with E-state index in [9.17, 15) is 8.78 Å². The Hall–Kier alpha value is -1.23. The van der Waals surface area contributed by atoms with Crippen LogP contribution in [0.25, 0.3) is 0 Å². The number of benzene rings is 1. The molecule has 0 amide bonds. The lowest BCUT2D eigenvalue weighted by Crippen LogP contribution is -2.16. The van der Waals surface area contributed by atoms with Gasteiger partial charge in [0.25, 0.3) is 0 Å². The first-order valence-electron chi connectivity index (χ1n) is 6.01. The van der Waals surface area contributed by atoms with E-state index in [2.05, 4.69) is 12.2 Å². The molecule has 3 N–H and O–H groups in total. The molecule has 2 rings (SSSR count). The topological polar surface area (TPSA) is 38.0 Å². The van der Waals surface area contributed by atoms with E-state index in [0.29, 0.717) is 18.4 Å². The van der Waals surface area contributed by atoms with Gasteiger partial charge >= 0.3 is 0 Å². The van der Waals surface area contributed by atoms with Crippen molar-refractivity contribution < 1.29 is 8.78 Å². The van der Waals surface area contributed by atoms with Crippen molar-refractivity contribution in [3.63, 3.8) is 0 Å². The molecule has 0 heterocycles. The zero-order chi connectivity index (χ0) is 13.3. The summed E-state index contributed by atoms with van der Waals surface area (Å²) in [7, 11) is 0. The van der Waals surface area contributed by atoms with Crippen LogP contribution >= 0.6 is 12.2 Å². The highest BCUT2D eigenvalue weighted by Crippen LogP contribution is 2.36. The van der Waals surface area contributed by atoms with Crippen LogP contribution in [-0.4, -0.2) is 11.5 Å². The highest BCUT2D eigenvalue weighted by atomic mass is 32.1. The first kappa shape index (κ1) is 13.2. The summed E-state index contributed by atoms with van der Waals surface area (Å²) in [5.74, 6) is -0.180. The van der Waals surface area contributed by atoms with Gasteiger partial charge in [-0.1, -0.05) is 19.1 Å². The molecule has 0 spiro atoms. The molecule has 0 saturated heterocycles. The molecule has 1 aromatic rings. The number of halogens is 2. The van der Waals surface area contributed by atoms with Crippen molar-refractivity contribution in [1.82, 2.24) is 0 Å². The molecule has 1 aliphatic rings. The Morgan fingerprint density at radius 2 is 2.00 bits per heavy atom. The zero-order valence-electron chi connectivity index (χ0n) is 10.2. The van der Waals surface area contributed by atoms with E-state index < -0.39 is 11.6 Å². The van der Waals surface area contributed by atoms with E-state index in [0.717, 1.165) is 12.1 Å². The fourth-order valence-corrected chi connectivity index (χ4v) is 2.10. The summed E-state index contributed by atoms with van der Waals surface area (Å²) < 4.78 is 27.4. The number of rotatable bonds is 5. The van der Waals surface area contributed by atoms with E-state index in [1.54, 1.807) is 0 Å². The predicted molar refractivity (Wildman–Crippen MR) is 72.6 cm³/mol. The largest absolute Gasteiger partial charge is 0.389 e. The number of nitrogens with one attached hydrogen (secondary N) is 1. The Morgan fingerprint density at radius 3 is 2.44 bits per heavy atom. The highest BCUT2D eigenvalue weighted by Gasteiger charge is 2.27. The molecule has 1 saturated carbocycles. The number of thiocarbonyl (C=S) groups is 1. The Balaban J connectivity index is 2.09. The van der Waals surface area contributed by atoms with Gasteiger partial charge in [-0.2, -0.15) is 0 Å². The van der Waals surface area contributed by atoms with Crippen LogP contribution in [0.4, 0.5) is 14.5 Å². The van der Waals surface area contributed by atoms with Crippen molar-refractivity contribution in [2.75, 3.05) is 11.9 Å². The van der Waals surface area contributed by atoms with Gasteiger partial charge in [-0.25, -0.2) is 8.78 Å². The molecule has 0 radical (unpaired) electrons. The van der Waals surface area contributed by atoms with Crippen LogP contribution in [0.2, 0.25) is 0 Å². The van der Waals surface area contributed by atoms with Crippen molar-refractivity contribution in [2.24, 2.45) is 17.6 Å². The predicted octanol–water partition coefficient (Wildman–Crippen LogP) is 3.06. The lowest BCUT2D eigenvalue weighted by atomic mass is 10.1. The molecule has 1 aromatic carbocycles. The van der Waals surface area contributed by atoms with Crippen molar-refractivity contribution in [2.45, 2.75) is 19.8 Å². The summed E-state index contributed by atoms with van der Waals surface area (Å²) in [4.78, 5) is -0.00861. The Morgan fingerprint density at radius 1 is 1.44 bits per heavy atom. The average Bonchev–Trinajstić information content (AvgIpc) is 3.10. The van der Waals surface area contributed by atoms with Crippen molar-refractivity contribution >= 4 is 22.9 Å². The van der Waals surface area contributed by atoms with E-state index in [1.165, 1.54) is 12.8 Å². The minimum Gasteiger partial charge on any atom is -0.389 e. The second kappa shape index (κ2) is 5.18. The lowest BCUT2D eigenvalue weighted by molar-refractivity contribution is 0.528. The second-order valence-electron chi connectivity index (χ2n) is 4.87. The van der Waals surface area contributed by atoms with Crippen LogP contribution in [0.15, 0.2) is 12.1 Å². The van der Waals surface area contributed by atoms with Crippen LogP contribution in [0.3, 0.4) is 0 Å². The Bertz CT molecular complexity index is 449. The van der Waals surface area contributed by atoms with Crippen LogP contribution < -0.4 is 11.1 Å². The molecule has 1 unspecified atom stereocenters. The van der Waals surface area contributed by atoms with Gasteiger partial charge in [0, 0.05) is 12.1 Å². The summed E-state index contributed by atoms with van der Waals surface area (Å²) in [6.45, 7) is 2.66. The summed E-state index contributed by atoms with van der Waals surface area (Å²) in [5, 5.41) is 2.83. The third-order valence-electron chi connectivity index (χ3n) is 3.35. The maximum atomic E-state index is 13.7.